The number of halogens is 1. The third-order valence-corrected chi connectivity index (χ3v) is 6.01. The lowest BCUT2D eigenvalue weighted by Gasteiger charge is -2.27. The number of hydrogen-bond acceptors (Lipinski definition) is 7. The monoisotopic (exact) mass is 459 g/mol. The van der Waals surface area contributed by atoms with Crippen LogP contribution in [0.25, 0.3) is 22.3 Å². The summed E-state index contributed by atoms with van der Waals surface area (Å²) in [6.45, 7) is 4.01. The summed E-state index contributed by atoms with van der Waals surface area (Å²) in [5, 5.41) is 5.31. The first-order chi connectivity index (χ1) is 16.5. The maximum absolute atomic E-state index is 14.4. The highest BCUT2D eigenvalue weighted by Crippen LogP contribution is 2.47. The molecule has 4 aromatic rings. The van der Waals surface area contributed by atoms with E-state index < -0.39 is 11.4 Å². The van der Waals surface area contributed by atoms with Gasteiger partial charge in [0.2, 0.25) is 11.8 Å². The predicted molar refractivity (Wildman–Crippen MR) is 126 cm³/mol. The van der Waals surface area contributed by atoms with Crippen molar-refractivity contribution in [3.8, 4) is 17.1 Å². The molecule has 1 aliphatic carbocycles. The lowest BCUT2D eigenvalue weighted by molar-refractivity contribution is -0.114. The maximum Gasteiger partial charge on any atom is 0.250 e. The molecule has 172 valence electrons. The second-order valence-electron chi connectivity index (χ2n) is 8.12. The van der Waals surface area contributed by atoms with E-state index in [0.29, 0.717) is 28.8 Å². The van der Waals surface area contributed by atoms with Crippen LogP contribution in [0.1, 0.15) is 12.8 Å². The van der Waals surface area contributed by atoms with Crippen LogP contribution >= 0.6 is 0 Å². The van der Waals surface area contributed by atoms with Gasteiger partial charge in [0.1, 0.15) is 17.8 Å². The van der Waals surface area contributed by atoms with Crippen LogP contribution < -0.4 is 15.4 Å². The van der Waals surface area contributed by atoms with Crippen molar-refractivity contribution in [3.05, 3.63) is 67.4 Å². The molecule has 0 atom stereocenters. The molecule has 0 spiro atoms. The minimum atomic E-state index is -0.619. The van der Waals surface area contributed by atoms with E-state index in [1.807, 2.05) is 30.3 Å². The molecule has 0 bridgehead atoms. The molecule has 9 nitrogen and oxygen atoms in total. The standard InChI is InChI=1S/C24H22FN7O2/c1-3-18(33)31(16-7-5-4-6-8-16)13-24(9-10-24)32-22-19(21(26)28-14-29-22)20(30-32)15-11-17(25)23(34-2)27-12-15/h3-8,11-12,14H,1,9-10,13H2,2H3,(H2,26,28,29). The summed E-state index contributed by atoms with van der Waals surface area (Å²) >= 11 is 0. The van der Waals surface area contributed by atoms with Crippen molar-refractivity contribution >= 4 is 28.4 Å². The van der Waals surface area contributed by atoms with Gasteiger partial charge in [-0.1, -0.05) is 24.8 Å². The number of aromatic nitrogens is 5. The van der Waals surface area contributed by atoms with E-state index in [4.69, 9.17) is 15.6 Å². The van der Waals surface area contributed by atoms with Crippen LogP contribution in [0.4, 0.5) is 15.9 Å². The molecule has 1 aromatic carbocycles. The number of methoxy groups -OCH3 is 1. The highest BCUT2D eigenvalue weighted by molar-refractivity contribution is 6.01. The molecular weight excluding hydrogens is 437 g/mol. The molecular formula is C24H22FN7O2. The lowest BCUT2D eigenvalue weighted by Crippen LogP contribution is -2.39. The highest BCUT2D eigenvalue weighted by Gasteiger charge is 2.49. The van der Waals surface area contributed by atoms with E-state index >= 15 is 0 Å². The first-order valence-corrected chi connectivity index (χ1v) is 10.7. The van der Waals surface area contributed by atoms with Gasteiger partial charge >= 0.3 is 0 Å². The molecule has 0 saturated heterocycles. The fourth-order valence-corrected chi connectivity index (χ4v) is 4.10. The van der Waals surface area contributed by atoms with Gasteiger partial charge in [0.05, 0.1) is 24.6 Å². The van der Waals surface area contributed by atoms with Gasteiger partial charge in [-0.25, -0.2) is 24.0 Å². The maximum atomic E-state index is 14.4. The largest absolute Gasteiger partial charge is 0.479 e. The van der Waals surface area contributed by atoms with E-state index in [2.05, 4.69) is 21.5 Å². The number of rotatable bonds is 7. The van der Waals surface area contributed by atoms with Crippen molar-refractivity contribution in [2.45, 2.75) is 18.4 Å². The third-order valence-electron chi connectivity index (χ3n) is 6.01. The minimum Gasteiger partial charge on any atom is -0.479 e. The van der Waals surface area contributed by atoms with E-state index in [-0.39, 0.29) is 17.6 Å². The molecule has 10 heteroatoms. The number of nitrogens with zero attached hydrogens (tertiary/aromatic N) is 6. The summed E-state index contributed by atoms with van der Waals surface area (Å²) < 4.78 is 21.1. The van der Waals surface area contributed by atoms with Crippen molar-refractivity contribution < 1.29 is 13.9 Å². The van der Waals surface area contributed by atoms with Crippen LogP contribution in [0.15, 0.2) is 61.6 Å². The molecule has 1 amide bonds. The molecule has 3 aromatic heterocycles. The number of carbonyl (C=O) groups is 1. The summed E-state index contributed by atoms with van der Waals surface area (Å²) in [5.74, 6) is -0.729. The normalized spacial score (nSPS) is 14.1. The van der Waals surface area contributed by atoms with Crippen LogP contribution in [0.3, 0.4) is 0 Å². The third kappa shape index (κ3) is 3.53. The van der Waals surface area contributed by atoms with Crippen LogP contribution in [0.5, 0.6) is 5.88 Å². The lowest BCUT2D eigenvalue weighted by atomic mass is 10.1. The summed E-state index contributed by atoms with van der Waals surface area (Å²) in [6, 6.07) is 10.7. The van der Waals surface area contributed by atoms with Crippen molar-refractivity contribution in [3.63, 3.8) is 0 Å². The van der Waals surface area contributed by atoms with Gasteiger partial charge in [-0.05, 0) is 37.1 Å². The van der Waals surface area contributed by atoms with Gasteiger partial charge in [-0.3, -0.25) is 4.79 Å². The average Bonchev–Trinajstić information content (AvgIpc) is 3.53. The zero-order valence-corrected chi connectivity index (χ0v) is 18.5. The van der Waals surface area contributed by atoms with Crippen LogP contribution in [-0.2, 0) is 10.3 Å². The van der Waals surface area contributed by atoms with Crippen LogP contribution in [-0.4, -0.2) is 44.3 Å². The molecule has 3 heterocycles. The number of hydrogen-bond donors (Lipinski definition) is 1. The van der Waals surface area contributed by atoms with Crippen molar-refractivity contribution in [1.82, 2.24) is 24.7 Å². The number of pyridine rings is 1. The summed E-state index contributed by atoms with van der Waals surface area (Å²) in [5.41, 5.74) is 7.79. The number of fused-ring (bicyclic) bond motifs is 1. The molecule has 0 radical (unpaired) electrons. The fraction of sp³-hybridized carbons (Fsp3) is 0.208. The number of nitrogens with two attached hydrogens (primary N) is 1. The first-order valence-electron chi connectivity index (χ1n) is 10.7. The SMILES string of the molecule is C=CC(=O)N(CC1(n2nc(-c3cnc(OC)c(F)c3)c3c(N)ncnc32)CC1)c1ccccc1. The van der Waals surface area contributed by atoms with E-state index in [0.717, 1.165) is 18.5 Å². The van der Waals surface area contributed by atoms with Crippen molar-refractivity contribution in [2.75, 3.05) is 24.3 Å². The van der Waals surface area contributed by atoms with Gasteiger partial charge in [-0.2, -0.15) is 5.10 Å². The van der Waals surface area contributed by atoms with Crippen LogP contribution in [0, 0.1) is 5.82 Å². The first kappa shape index (κ1) is 21.5. The number of anilines is 2. The van der Waals surface area contributed by atoms with E-state index in [1.165, 1.54) is 31.8 Å². The Morgan fingerprint density at radius 1 is 1.29 bits per heavy atom. The highest BCUT2D eigenvalue weighted by atomic mass is 19.1. The van der Waals surface area contributed by atoms with Gasteiger partial charge in [0.15, 0.2) is 11.5 Å². The quantitative estimate of drug-likeness (QED) is 0.422. The van der Waals surface area contributed by atoms with E-state index in [9.17, 15) is 9.18 Å². The molecule has 34 heavy (non-hydrogen) atoms. The Kier molecular flexibility index (Phi) is 5.20. The van der Waals surface area contributed by atoms with Gasteiger partial charge in [-0.15, -0.1) is 0 Å². The number of benzene rings is 1. The second-order valence-corrected chi connectivity index (χ2v) is 8.12. The fourth-order valence-electron chi connectivity index (χ4n) is 4.10. The zero-order chi connectivity index (χ0) is 23.9. The Morgan fingerprint density at radius 3 is 2.71 bits per heavy atom. The van der Waals surface area contributed by atoms with Gasteiger partial charge in [0.25, 0.3) is 0 Å². The minimum absolute atomic E-state index is 0.114. The summed E-state index contributed by atoms with van der Waals surface area (Å²) in [4.78, 5) is 27.0. The van der Waals surface area contributed by atoms with Crippen molar-refractivity contribution in [1.29, 1.82) is 0 Å². The number of carbonyl (C=O) groups excluding carboxylic acids is 1. The Labute approximate surface area is 194 Å². The Balaban J connectivity index is 1.63. The molecule has 0 unspecified atom stereocenters. The topological polar surface area (TPSA) is 112 Å². The smallest absolute Gasteiger partial charge is 0.250 e. The molecule has 1 saturated carbocycles. The number of ether oxygens (including phenoxy) is 1. The molecule has 0 aliphatic heterocycles. The van der Waals surface area contributed by atoms with Crippen molar-refractivity contribution in [2.24, 2.45) is 0 Å². The van der Waals surface area contributed by atoms with E-state index in [1.54, 1.807) is 9.58 Å². The molecule has 1 aliphatic rings. The van der Waals surface area contributed by atoms with Gasteiger partial charge < -0.3 is 15.4 Å². The Hall–Kier alpha value is -4.34. The predicted octanol–water partition coefficient (Wildman–Crippen LogP) is 3.33. The molecule has 5 rings (SSSR count). The Bertz CT molecular complexity index is 1400. The molecule has 1 fully saturated rings. The number of amides is 1. The summed E-state index contributed by atoms with van der Waals surface area (Å²) in [6.07, 6.45) is 5.68. The zero-order valence-electron chi connectivity index (χ0n) is 18.5. The number of para-hydroxylation sites is 1. The van der Waals surface area contributed by atoms with Gasteiger partial charge in [0, 0.05) is 17.4 Å². The summed E-state index contributed by atoms with van der Waals surface area (Å²) in [7, 11) is 1.35. The molecule has 2 N–H and O–H groups in total. The number of nitrogen functional groups attached to an aromatic ring is 1. The van der Waals surface area contributed by atoms with Crippen LogP contribution in [0.2, 0.25) is 0 Å². The average molecular weight is 459 g/mol. The second kappa shape index (κ2) is 8.22. The Morgan fingerprint density at radius 2 is 2.06 bits per heavy atom.